The van der Waals surface area contributed by atoms with Crippen LogP contribution < -0.4 is 26.0 Å². The van der Waals surface area contributed by atoms with E-state index in [1.807, 2.05) is 52.0 Å². The number of hydrogen-bond donors (Lipinski definition) is 5. The second-order valence-corrected chi connectivity index (χ2v) is 15.9. The molecule has 0 aliphatic carbocycles. The molecule has 13 heteroatoms. The summed E-state index contributed by atoms with van der Waals surface area (Å²) in [5, 5.41) is 24.2. The van der Waals surface area contributed by atoms with Crippen molar-refractivity contribution in [1.29, 1.82) is 0 Å². The van der Waals surface area contributed by atoms with Crippen molar-refractivity contribution in [3.63, 3.8) is 0 Å². The third kappa shape index (κ3) is 9.04. The molecule has 0 radical (unpaired) electrons. The molecule has 2 aromatic heterocycles. The fourth-order valence-corrected chi connectivity index (χ4v) is 6.39. The van der Waals surface area contributed by atoms with Crippen LogP contribution in [0.2, 0.25) is 5.02 Å². The van der Waals surface area contributed by atoms with Gasteiger partial charge in [0, 0.05) is 21.9 Å². The van der Waals surface area contributed by atoms with Crippen molar-refractivity contribution in [3.05, 3.63) is 100 Å². The number of rotatable bonds is 14. The largest absolute Gasteiger partial charge is 0.482 e. The molecule has 0 fully saturated rings. The number of halogens is 1. The second-order valence-electron chi connectivity index (χ2n) is 15.5. The summed E-state index contributed by atoms with van der Waals surface area (Å²) < 4.78 is 7.70. The first-order valence-corrected chi connectivity index (χ1v) is 18.6. The highest BCUT2D eigenvalue weighted by Gasteiger charge is 2.44. The number of anilines is 3. The van der Waals surface area contributed by atoms with Crippen LogP contribution in [0.5, 0.6) is 5.75 Å². The van der Waals surface area contributed by atoms with Crippen molar-refractivity contribution in [1.82, 2.24) is 25.1 Å². The molecular weight excluding hydrogens is 704 g/mol. The molecule has 286 valence electrons. The van der Waals surface area contributed by atoms with Crippen LogP contribution in [0, 0.1) is 0 Å². The molecule has 12 nitrogen and oxygen atoms in total. The van der Waals surface area contributed by atoms with Gasteiger partial charge in [-0.2, -0.15) is 0 Å². The van der Waals surface area contributed by atoms with E-state index in [0.29, 0.717) is 44.9 Å². The third-order valence-corrected chi connectivity index (χ3v) is 10.2. The Balaban J connectivity index is 1.20. The lowest BCUT2D eigenvalue weighted by Crippen LogP contribution is -2.57. The topological polar surface area (TPSA) is 155 Å². The van der Waals surface area contributed by atoms with E-state index in [0.717, 1.165) is 25.0 Å². The quantitative estimate of drug-likeness (QED) is 0.0714. The molecule has 0 bridgehead atoms. The molecule has 0 atom stereocenters. The molecule has 0 aliphatic rings. The molecule has 0 spiro atoms. The summed E-state index contributed by atoms with van der Waals surface area (Å²) in [5.41, 5.74) is 2.51. The smallest absolute Gasteiger partial charge is 0.323 e. The number of H-pyrrole nitrogens is 1. The highest BCUT2D eigenvalue weighted by Crippen LogP contribution is 2.37. The molecule has 5 aromatic rings. The van der Waals surface area contributed by atoms with Gasteiger partial charge >= 0.3 is 6.03 Å². The summed E-state index contributed by atoms with van der Waals surface area (Å²) in [4.78, 5) is 39.6. The predicted molar refractivity (Wildman–Crippen MR) is 215 cm³/mol. The standard InChI is InChI=1S/C41H51ClN8O4/c1-9-10-11-16-26-21-23-27(24-22-26)36(52)43-28-17-12-13-18-29(28)44-38(53)45-30-19-14-15-20-31(30)54-25-32(51)46-41(7,8)40(5,6)37-48-47-35-33(42)34(39(2,3)4)49-50(35)37/h12-15,17-24,49H,9-11,16,25H2,1-8H3,(H,43,52)(H,46,51)(H2,44,45,53). The molecule has 5 rings (SSSR count). The molecule has 0 unspecified atom stereocenters. The van der Waals surface area contributed by atoms with E-state index in [-0.39, 0.29) is 23.8 Å². The van der Waals surface area contributed by atoms with Crippen LogP contribution in [0.4, 0.5) is 21.9 Å². The Labute approximate surface area is 321 Å². The monoisotopic (exact) mass is 754 g/mol. The number of nitrogens with one attached hydrogen (secondary N) is 5. The lowest BCUT2D eigenvalue weighted by atomic mass is 9.73. The number of nitrogens with zero attached hydrogens (tertiary/aromatic N) is 3. The zero-order valence-corrected chi connectivity index (χ0v) is 33.1. The second kappa shape index (κ2) is 16.3. The van der Waals surface area contributed by atoms with Gasteiger partial charge in [-0.25, -0.2) is 9.31 Å². The van der Waals surface area contributed by atoms with Crippen molar-refractivity contribution in [3.8, 4) is 5.75 Å². The van der Waals surface area contributed by atoms with Crippen LogP contribution in [-0.2, 0) is 22.0 Å². The zero-order valence-electron chi connectivity index (χ0n) is 32.3. The fraction of sp³-hybridized carbons (Fsp3) is 0.390. The number of ether oxygens (including phenoxy) is 1. The number of urea groups is 1. The van der Waals surface area contributed by atoms with Gasteiger partial charge in [-0.15, -0.1) is 10.2 Å². The van der Waals surface area contributed by atoms with Crippen molar-refractivity contribution in [2.45, 2.75) is 97.4 Å². The number of fused-ring (bicyclic) bond motifs is 1. The number of amides is 4. The number of carbonyl (C=O) groups excluding carboxylic acids is 3. The van der Waals surface area contributed by atoms with Crippen LogP contribution >= 0.6 is 11.6 Å². The molecular formula is C41H51ClN8O4. The number of aromatic nitrogens is 4. The minimum atomic E-state index is -0.811. The normalized spacial score (nSPS) is 12.0. The summed E-state index contributed by atoms with van der Waals surface area (Å²) in [6.07, 6.45) is 4.42. The number of hydrogen-bond acceptors (Lipinski definition) is 6. The molecule has 0 saturated heterocycles. The summed E-state index contributed by atoms with van der Waals surface area (Å²) in [5.74, 6) is 0.249. The van der Waals surface area contributed by atoms with E-state index in [1.165, 1.54) is 12.0 Å². The van der Waals surface area contributed by atoms with E-state index in [2.05, 4.69) is 64.3 Å². The van der Waals surface area contributed by atoms with Crippen molar-refractivity contribution < 1.29 is 19.1 Å². The van der Waals surface area contributed by atoms with Crippen LogP contribution in [0.25, 0.3) is 5.65 Å². The maximum absolute atomic E-state index is 13.3. The van der Waals surface area contributed by atoms with E-state index in [1.54, 1.807) is 53.0 Å². The Kier molecular flexibility index (Phi) is 12.1. The first-order chi connectivity index (χ1) is 25.5. The summed E-state index contributed by atoms with van der Waals surface area (Å²) in [6, 6.07) is 20.8. The summed E-state index contributed by atoms with van der Waals surface area (Å²) in [6.45, 7) is 15.8. The lowest BCUT2D eigenvalue weighted by molar-refractivity contribution is -0.125. The van der Waals surface area contributed by atoms with Crippen molar-refractivity contribution in [2.75, 3.05) is 22.6 Å². The number of unbranched alkanes of at least 4 members (excludes halogenated alkanes) is 2. The first kappa shape index (κ1) is 39.8. The maximum atomic E-state index is 13.3. The van der Waals surface area contributed by atoms with E-state index >= 15 is 0 Å². The number of para-hydroxylation sites is 4. The minimum absolute atomic E-state index is 0.241. The molecule has 54 heavy (non-hydrogen) atoms. The highest BCUT2D eigenvalue weighted by atomic mass is 35.5. The zero-order chi connectivity index (χ0) is 39.3. The Morgan fingerprint density at radius 3 is 2.06 bits per heavy atom. The molecule has 4 amide bonds. The van der Waals surface area contributed by atoms with Gasteiger partial charge in [-0.3, -0.25) is 14.7 Å². The molecule has 2 heterocycles. The third-order valence-electron chi connectivity index (χ3n) is 9.83. The van der Waals surface area contributed by atoms with Gasteiger partial charge in [-0.1, -0.05) is 102 Å². The molecule has 3 aromatic carbocycles. The van der Waals surface area contributed by atoms with Gasteiger partial charge in [0.05, 0.1) is 22.8 Å². The van der Waals surface area contributed by atoms with Crippen molar-refractivity contribution >= 4 is 52.2 Å². The Morgan fingerprint density at radius 2 is 1.41 bits per heavy atom. The van der Waals surface area contributed by atoms with Crippen molar-refractivity contribution in [2.24, 2.45) is 0 Å². The van der Waals surface area contributed by atoms with Gasteiger partial charge in [0.15, 0.2) is 18.1 Å². The Bertz CT molecular complexity index is 2110. The average Bonchev–Trinajstić information content (AvgIpc) is 3.69. The minimum Gasteiger partial charge on any atom is -0.482 e. The summed E-state index contributed by atoms with van der Waals surface area (Å²) in [7, 11) is 0. The maximum Gasteiger partial charge on any atom is 0.323 e. The lowest BCUT2D eigenvalue weighted by Gasteiger charge is -2.40. The fourth-order valence-electron chi connectivity index (χ4n) is 5.94. The predicted octanol–water partition coefficient (Wildman–Crippen LogP) is 8.89. The van der Waals surface area contributed by atoms with Gasteiger partial charge in [0.1, 0.15) is 10.8 Å². The van der Waals surface area contributed by atoms with Crippen LogP contribution in [0.15, 0.2) is 72.8 Å². The van der Waals surface area contributed by atoms with E-state index in [4.69, 9.17) is 16.3 Å². The Morgan fingerprint density at radius 1 is 0.796 bits per heavy atom. The van der Waals surface area contributed by atoms with Crippen LogP contribution in [-0.4, -0.2) is 49.8 Å². The highest BCUT2D eigenvalue weighted by molar-refractivity contribution is 6.34. The van der Waals surface area contributed by atoms with E-state index in [9.17, 15) is 14.4 Å². The first-order valence-electron chi connectivity index (χ1n) is 18.3. The molecule has 0 saturated carbocycles. The van der Waals surface area contributed by atoms with Crippen LogP contribution in [0.3, 0.4) is 0 Å². The van der Waals surface area contributed by atoms with E-state index < -0.39 is 17.0 Å². The van der Waals surface area contributed by atoms with Crippen LogP contribution in [0.1, 0.15) is 102 Å². The van der Waals surface area contributed by atoms with Gasteiger partial charge in [-0.05, 0) is 68.7 Å². The van der Waals surface area contributed by atoms with Gasteiger partial charge < -0.3 is 26.0 Å². The number of benzene rings is 3. The average molecular weight is 755 g/mol. The Hall–Kier alpha value is -5.36. The summed E-state index contributed by atoms with van der Waals surface area (Å²) >= 11 is 6.67. The molecule has 0 aliphatic heterocycles. The SMILES string of the molecule is CCCCCc1ccc(C(=O)Nc2ccccc2NC(=O)Nc2ccccc2OCC(=O)NC(C)(C)C(C)(C)c2nnc3c(Cl)c(C(C)(C)C)[nH]n23)cc1. The number of carbonyl (C=O) groups is 3. The van der Waals surface area contributed by atoms with Gasteiger partial charge in [0.25, 0.3) is 11.8 Å². The van der Waals surface area contributed by atoms with Gasteiger partial charge in [0.2, 0.25) is 0 Å². The molecule has 5 N–H and O–H groups in total. The number of aryl methyl sites for hydroxylation is 1. The number of aromatic amines is 1.